The average molecular weight is 343 g/mol. The Labute approximate surface area is 121 Å². The summed E-state index contributed by atoms with van der Waals surface area (Å²) in [7, 11) is 0.152. The van der Waals surface area contributed by atoms with Gasteiger partial charge in [0.1, 0.15) is 0 Å². The SMILES string of the molecule is COP(=O)(CCCCCCCCCCCBr)OC. The van der Waals surface area contributed by atoms with E-state index in [2.05, 4.69) is 15.9 Å². The van der Waals surface area contributed by atoms with E-state index in [1.165, 1.54) is 59.2 Å². The third-order valence-corrected chi connectivity index (χ3v) is 5.66. The minimum Gasteiger partial charge on any atom is -0.312 e. The maximum absolute atomic E-state index is 11.7. The minimum absolute atomic E-state index is 0.547. The van der Waals surface area contributed by atoms with E-state index in [4.69, 9.17) is 9.05 Å². The molecule has 0 aromatic carbocycles. The van der Waals surface area contributed by atoms with Crippen LogP contribution in [0.3, 0.4) is 0 Å². The van der Waals surface area contributed by atoms with Crippen LogP contribution in [0, 0.1) is 0 Å². The molecular formula is C13H28BrO3P. The summed E-state index contributed by atoms with van der Waals surface area (Å²) in [6.45, 7) is 0. The summed E-state index contributed by atoms with van der Waals surface area (Å²) in [5.74, 6) is 0. The zero-order chi connectivity index (χ0) is 13.7. The van der Waals surface area contributed by atoms with Gasteiger partial charge in [0.05, 0.1) is 6.16 Å². The molecule has 0 aromatic heterocycles. The molecule has 0 saturated carbocycles. The van der Waals surface area contributed by atoms with Crippen LogP contribution < -0.4 is 0 Å². The highest BCUT2D eigenvalue weighted by atomic mass is 79.9. The van der Waals surface area contributed by atoms with Gasteiger partial charge in [0, 0.05) is 19.5 Å². The molecule has 0 aliphatic heterocycles. The van der Waals surface area contributed by atoms with Crippen molar-refractivity contribution in [3.8, 4) is 0 Å². The van der Waals surface area contributed by atoms with E-state index in [9.17, 15) is 4.57 Å². The molecule has 18 heavy (non-hydrogen) atoms. The van der Waals surface area contributed by atoms with E-state index >= 15 is 0 Å². The van der Waals surface area contributed by atoms with Crippen LogP contribution in [0.1, 0.15) is 57.8 Å². The lowest BCUT2D eigenvalue weighted by molar-refractivity contribution is 0.275. The van der Waals surface area contributed by atoms with Crippen molar-refractivity contribution in [3.05, 3.63) is 0 Å². The first-order valence-electron chi connectivity index (χ1n) is 6.95. The van der Waals surface area contributed by atoms with Gasteiger partial charge in [0.15, 0.2) is 0 Å². The topological polar surface area (TPSA) is 35.5 Å². The molecule has 0 saturated heterocycles. The molecule has 0 rings (SSSR count). The van der Waals surface area contributed by atoms with Gasteiger partial charge in [0.25, 0.3) is 0 Å². The zero-order valence-corrected chi connectivity index (χ0v) is 14.3. The van der Waals surface area contributed by atoms with Crippen LogP contribution >= 0.6 is 23.5 Å². The van der Waals surface area contributed by atoms with E-state index in [0.29, 0.717) is 6.16 Å². The Balaban J connectivity index is 3.23. The number of hydrogen-bond acceptors (Lipinski definition) is 3. The summed E-state index contributed by atoms with van der Waals surface area (Å²) in [5, 5.41) is 1.13. The van der Waals surface area contributed by atoms with Gasteiger partial charge in [-0.1, -0.05) is 60.9 Å². The Morgan fingerprint density at radius 2 is 1.17 bits per heavy atom. The molecule has 0 aromatic rings. The monoisotopic (exact) mass is 342 g/mol. The van der Waals surface area contributed by atoms with Gasteiger partial charge in [0.2, 0.25) is 0 Å². The maximum Gasteiger partial charge on any atom is 0.330 e. The highest BCUT2D eigenvalue weighted by Crippen LogP contribution is 2.47. The Kier molecular flexibility index (Phi) is 13.1. The number of hydrogen-bond donors (Lipinski definition) is 0. The number of halogens is 1. The van der Waals surface area contributed by atoms with Crippen molar-refractivity contribution in [1.82, 2.24) is 0 Å². The second-order valence-electron chi connectivity index (χ2n) is 4.57. The van der Waals surface area contributed by atoms with E-state index < -0.39 is 7.60 Å². The first kappa shape index (κ1) is 18.6. The minimum atomic E-state index is -2.76. The van der Waals surface area contributed by atoms with Gasteiger partial charge in [-0.25, -0.2) is 0 Å². The number of alkyl halides is 1. The van der Waals surface area contributed by atoms with Crippen molar-refractivity contribution >= 4 is 23.5 Å². The van der Waals surface area contributed by atoms with E-state index in [1.54, 1.807) is 0 Å². The first-order valence-corrected chi connectivity index (χ1v) is 9.80. The molecule has 0 amide bonds. The average Bonchev–Trinajstić information content (AvgIpc) is 2.40. The highest BCUT2D eigenvalue weighted by Gasteiger charge is 2.19. The van der Waals surface area contributed by atoms with Crippen molar-refractivity contribution in [2.75, 3.05) is 25.7 Å². The molecule has 0 N–H and O–H groups in total. The van der Waals surface area contributed by atoms with Crippen molar-refractivity contribution in [2.24, 2.45) is 0 Å². The molecule has 0 heterocycles. The molecule has 0 unspecified atom stereocenters. The lowest BCUT2D eigenvalue weighted by Gasteiger charge is -2.12. The van der Waals surface area contributed by atoms with Crippen LogP contribution in [-0.4, -0.2) is 25.7 Å². The lowest BCUT2D eigenvalue weighted by Crippen LogP contribution is -1.94. The predicted molar refractivity (Wildman–Crippen MR) is 81.8 cm³/mol. The van der Waals surface area contributed by atoms with Crippen molar-refractivity contribution in [3.63, 3.8) is 0 Å². The van der Waals surface area contributed by atoms with Gasteiger partial charge >= 0.3 is 7.60 Å². The molecule has 0 aliphatic carbocycles. The number of unbranched alkanes of at least 4 members (excludes halogenated alkanes) is 8. The third-order valence-electron chi connectivity index (χ3n) is 3.12. The highest BCUT2D eigenvalue weighted by molar-refractivity contribution is 9.09. The van der Waals surface area contributed by atoms with Gasteiger partial charge in [-0.05, 0) is 12.8 Å². The fraction of sp³-hybridized carbons (Fsp3) is 1.00. The van der Waals surface area contributed by atoms with Gasteiger partial charge in [-0.15, -0.1) is 0 Å². The molecule has 0 radical (unpaired) electrons. The molecule has 0 atom stereocenters. The predicted octanol–water partition coefficient (Wildman–Crippen LogP) is 5.38. The molecule has 0 spiro atoms. The van der Waals surface area contributed by atoms with Crippen LogP contribution in [0.15, 0.2) is 0 Å². The van der Waals surface area contributed by atoms with E-state index in [-0.39, 0.29) is 0 Å². The van der Waals surface area contributed by atoms with Gasteiger partial charge < -0.3 is 9.05 Å². The Morgan fingerprint density at radius 3 is 1.56 bits per heavy atom. The summed E-state index contributed by atoms with van der Waals surface area (Å²) in [4.78, 5) is 0. The standard InChI is InChI=1S/C13H28BrO3P/c1-16-18(15,17-2)13-11-9-7-5-3-4-6-8-10-12-14/h3-13H2,1-2H3. The molecule has 0 bridgehead atoms. The van der Waals surface area contributed by atoms with Crippen LogP contribution in [0.25, 0.3) is 0 Å². The Hall–Kier alpha value is 0.630. The smallest absolute Gasteiger partial charge is 0.312 e. The molecule has 110 valence electrons. The summed E-state index contributed by atoms with van der Waals surface area (Å²) in [6.07, 6.45) is 11.8. The van der Waals surface area contributed by atoms with Crippen LogP contribution in [-0.2, 0) is 13.6 Å². The fourth-order valence-corrected chi connectivity index (χ4v) is 3.42. The second-order valence-corrected chi connectivity index (χ2v) is 7.76. The van der Waals surface area contributed by atoms with Crippen molar-refractivity contribution in [1.29, 1.82) is 0 Å². The lowest BCUT2D eigenvalue weighted by atomic mass is 10.1. The quantitative estimate of drug-likeness (QED) is 0.256. The maximum atomic E-state index is 11.7. The Bertz CT molecular complexity index is 216. The van der Waals surface area contributed by atoms with Crippen LogP contribution in [0.5, 0.6) is 0 Å². The second kappa shape index (κ2) is 12.7. The molecule has 0 aliphatic rings. The normalized spacial score (nSPS) is 11.9. The largest absolute Gasteiger partial charge is 0.330 e. The van der Waals surface area contributed by atoms with Crippen LogP contribution in [0.4, 0.5) is 0 Å². The third kappa shape index (κ3) is 10.5. The van der Waals surface area contributed by atoms with Gasteiger partial charge in [-0.2, -0.15) is 0 Å². The summed E-state index contributed by atoms with van der Waals surface area (Å²) >= 11 is 3.45. The van der Waals surface area contributed by atoms with Crippen molar-refractivity contribution < 1.29 is 13.6 Å². The molecule has 0 fully saturated rings. The van der Waals surface area contributed by atoms with Crippen molar-refractivity contribution in [2.45, 2.75) is 57.8 Å². The molecular weight excluding hydrogens is 315 g/mol. The zero-order valence-electron chi connectivity index (χ0n) is 11.8. The van der Waals surface area contributed by atoms with Crippen LogP contribution in [0.2, 0.25) is 0 Å². The van der Waals surface area contributed by atoms with E-state index in [1.807, 2.05) is 0 Å². The molecule has 5 heteroatoms. The van der Waals surface area contributed by atoms with Gasteiger partial charge in [-0.3, -0.25) is 4.57 Å². The summed E-state index contributed by atoms with van der Waals surface area (Å²) in [5.41, 5.74) is 0. The first-order chi connectivity index (χ1) is 8.68. The summed E-state index contributed by atoms with van der Waals surface area (Å²) in [6, 6.07) is 0. The summed E-state index contributed by atoms with van der Waals surface area (Å²) < 4.78 is 21.5. The van der Waals surface area contributed by atoms with E-state index in [0.717, 1.165) is 18.2 Å². The Morgan fingerprint density at radius 1 is 0.778 bits per heavy atom. The fourth-order valence-electron chi connectivity index (χ4n) is 1.89. The number of rotatable bonds is 13. The molecule has 3 nitrogen and oxygen atoms in total.